The van der Waals surface area contributed by atoms with Gasteiger partial charge in [0.25, 0.3) is 0 Å². The van der Waals surface area contributed by atoms with Gasteiger partial charge in [0.2, 0.25) is 0 Å². The number of ether oxygens (including phenoxy) is 1. The molecule has 0 amide bonds. The van der Waals surface area contributed by atoms with Gasteiger partial charge in [0.1, 0.15) is 0 Å². The van der Waals surface area contributed by atoms with E-state index in [-0.39, 0.29) is 0 Å². The van der Waals surface area contributed by atoms with Gasteiger partial charge in [-0.1, -0.05) is 6.92 Å². The van der Waals surface area contributed by atoms with Crippen LogP contribution in [0.15, 0.2) is 4.47 Å². The molecule has 17 heavy (non-hydrogen) atoms. The molecular weight excluding hydrogens is 282 g/mol. The van der Waals surface area contributed by atoms with Crippen LogP contribution in [0.1, 0.15) is 31.2 Å². The standard InChI is InChI=1S/C12H20BrN3O/c1-3-10-12(13)11(16(2)15-10)8-17-7-9-5-4-6-14-9/h9,14H,3-8H2,1-2H3. The maximum absolute atomic E-state index is 5.77. The topological polar surface area (TPSA) is 39.1 Å². The first-order valence-electron chi connectivity index (χ1n) is 6.23. The molecule has 2 heterocycles. The Labute approximate surface area is 111 Å². The molecule has 1 atom stereocenters. The highest BCUT2D eigenvalue weighted by Crippen LogP contribution is 2.22. The van der Waals surface area contributed by atoms with Crippen LogP contribution in [0.3, 0.4) is 0 Å². The summed E-state index contributed by atoms with van der Waals surface area (Å²) < 4.78 is 8.78. The van der Waals surface area contributed by atoms with E-state index in [1.54, 1.807) is 0 Å². The summed E-state index contributed by atoms with van der Waals surface area (Å²) in [5, 5.41) is 7.88. The van der Waals surface area contributed by atoms with Crippen molar-refractivity contribution in [2.75, 3.05) is 13.2 Å². The second-order valence-corrected chi connectivity index (χ2v) is 5.29. The van der Waals surface area contributed by atoms with Crippen molar-refractivity contribution in [1.82, 2.24) is 15.1 Å². The summed E-state index contributed by atoms with van der Waals surface area (Å²) in [4.78, 5) is 0. The number of hydrogen-bond donors (Lipinski definition) is 1. The number of aromatic nitrogens is 2. The van der Waals surface area contributed by atoms with Crippen LogP contribution in [-0.2, 0) is 24.8 Å². The number of rotatable bonds is 5. The Hall–Kier alpha value is -0.390. The fourth-order valence-electron chi connectivity index (χ4n) is 2.17. The summed E-state index contributed by atoms with van der Waals surface area (Å²) in [7, 11) is 1.97. The van der Waals surface area contributed by atoms with Crippen molar-refractivity contribution in [3.8, 4) is 0 Å². The van der Waals surface area contributed by atoms with Crippen LogP contribution in [0.5, 0.6) is 0 Å². The second-order valence-electron chi connectivity index (χ2n) is 4.49. The van der Waals surface area contributed by atoms with Gasteiger partial charge in [-0.05, 0) is 41.7 Å². The molecule has 1 saturated heterocycles. The monoisotopic (exact) mass is 301 g/mol. The van der Waals surface area contributed by atoms with Gasteiger partial charge in [0, 0.05) is 13.1 Å². The quantitative estimate of drug-likeness (QED) is 0.904. The molecule has 0 radical (unpaired) electrons. The van der Waals surface area contributed by atoms with Crippen molar-refractivity contribution in [3.63, 3.8) is 0 Å². The zero-order valence-corrected chi connectivity index (χ0v) is 12.1. The smallest absolute Gasteiger partial charge is 0.0897 e. The molecule has 1 aromatic heterocycles. The normalized spacial score (nSPS) is 20.1. The third-order valence-corrected chi connectivity index (χ3v) is 4.14. The van der Waals surface area contributed by atoms with Crippen molar-refractivity contribution in [1.29, 1.82) is 0 Å². The molecule has 5 heteroatoms. The molecule has 1 aliphatic heterocycles. The van der Waals surface area contributed by atoms with Crippen molar-refractivity contribution in [2.45, 2.75) is 38.8 Å². The molecule has 2 rings (SSSR count). The van der Waals surface area contributed by atoms with E-state index in [9.17, 15) is 0 Å². The van der Waals surface area contributed by atoms with Crippen LogP contribution in [0.2, 0.25) is 0 Å². The summed E-state index contributed by atoms with van der Waals surface area (Å²) in [6, 6.07) is 0.535. The number of nitrogens with zero attached hydrogens (tertiary/aromatic N) is 2. The third kappa shape index (κ3) is 3.09. The molecule has 4 nitrogen and oxygen atoms in total. The molecule has 96 valence electrons. The van der Waals surface area contributed by atoms with Crippen LogP contribution in [0.25, 0.3) is 0 Å². The van der Waals surface area contributed by atoms with E-state index < -0.39 is 0 Å². The van der Waals surface area contributed by atoms with Gasteiger partial charge in [0.15, 0.2) is 0 Å². The molecule has 1 unspecified atom stereocenters. The Morgan fingerprint density at radius 2 is 2.41 bits per heavy atom. The van der Waals surface area contributed by atoms with Gasteiger partial charge in [0.05, 0.1) is 29.1 Å². The molecular formula is C12H20BrN3O. The first-order chi connectivity index (χ1) is 8.22. The zero-order chi connectivity index (χ0) is 12.3. The number of nitrogens with one attached hydrogen (secondary N) is 1. The molecule has 0 aliphatic carbocycles. The molecule has 1 N–H and O–H groups in total. The average molecular weight is 302 g/mol. The van der Waals surface area contributed by atoms with E-state index in [0.717, 1.165) is 35.4 Å². The predicted molar refractivity (Wildman–Crippen MR) is 71.0 cm³/mol. The minimum atomic E-state index is 0.535. The lowest BCUT2D eigenvalue weighted by Gasteiger charge is -2.11. The van der Waals surface area contributed by atoms with Gasteiger partial charge in [-0.3, -0.25) is 4.68 Å². The largest absolute Gasteiger partial charge is 0.374 e. The van der Waals surface area contributed by atoms with E-state index in [0.29, 0.717) is 12.6 Å². The highest BCUT2D eigenvalue weighted by molar-refractivity contribution is 9.10. The summed E-state index contributed by atoms with van der Waals surface area (Å²) in [6.45, 7) is 4.66. The van der Waals surface area contributed by atoms with E-state index in [1.165, 1.54) is 12.8 Å². The Balaban J connectivity index is 1.87. The summed E-state index contributed by atoms with van der Waals surface area (Å²) in [5.41, 5.74) is 2.23. The van der Waals surface area contributed by atoms with Crippen molar-refractivity contribution in [2.24, 2.45) is 7.05 Å². The maximum atomic E-state index is 5.77. The Morgan fingerprint density at radius 1 is 1.59 bits per heavy atom. The van der Waals surface area contributed by atoms with E-state index >= 15 is 0 Å². The molecule has 0 bridgehead atoms. The summed E-state index contributed by atoms with van der Waals surface area (Å²) in [6.07, 6.45) is 3.44. The van der Waals surface area contributed by atoms with E-state index in [4.69, 9.17) is 4.74 Å². The second kappa shape index (κ2) is 5.98. The number of aryl methyl sites for hydroxylation is 2. The van der Waals surface area contributed by atoms with Gasteiger partial charge in [-0.2, -0.15) is 5.10 Å². The molecule has 1 aromatic rings. The lowest BCUT2D eigenvalue weighted by atomic mass is 10.2. The Bertz CT molecular complexity index is 372. The maximum Gasteiger partial charge on any atom is 0.0897 e. The van der Waals surface area contributed by atoms with Crippen LogP contribution < -0.4 is 5.32 Å². The Morgan fingerprint density at radius 3 is 3.00 bits per heavy atom. The fourth-order valence-corrected chi connectivity index (χ4v) is 2.90. The van der Waals surface area contributed by atoms with Crippen LogP contribution in [0, 0.1) is 0 Å². The van der Waals surface area contributed by atoms with Gasteiger partial charge < -0.3 is 10.1 Å². The predicted octanol–water partition coefficient (Wildman–Crippen LogP) is 2.01. The minimum absolute atomic E-state index is 0.535. The van der Waals surface area contributed by atoms with Gasteiger partial charge in [-0.25, -0.2) is 0 Å². The van der Waals surface area contributed by atoms with Crippen molar-refractivity contribution in [3.05, 3.63) is 15.9 Å². The summed E-state index contributed by atoms with van der Waals surface area (Å²) in [5.74, 6) is 0. The third-order valence-electron chi connectivity index (χ3n) is 3.22. The average Bonchev–Trinajstić information content (AvgIpc) is 2.91. The molecule has 0 spiro atoms. The zero-order valence-electron chi connectivity index (χ0n) is 10.5. The Kier molecular flexibility index (Phi) is 4.59. The molecule has 0 aromatic carbocycles. The fraction of sp³-hybridized carbons (Fsp3) is 0.750. The molecule has 1 fully saturated rings. The van der Waals surface area contributed by atoms with E-state index in [2.05, 4.69) is 33.3 Å². The first kappa shape index (κ1) is 13.1. The van der Waals surface area contributed by atoms with Gasteiger partial charge >= 0.3 is 0 Å². The van der Waals surface area contributed by atoms with E-state index in [1.807, 2.05) is 11.7 Å². The number of halogens is 1. The summed E-state index contributed by atoms with van der Waals surface area (Å²) >= 11 is 3.60. The SMILES string of the molecule is CCc1nn(C)c(COCC2CCCN2)c1Br. The van der Waals surface area contributed by atoms with Crippen molar-refractivity contribution < 1.29 is 4.74 Å². The highest BCUT2D eigenvalue weighted by Gasteiger charge is 2.16. The molecule has 1 aliphatic rings. The van der Waals surface area contributed by atoms with Crippen molar-refractivity contribution >= 4 is 15.9 Å². The van der Waals surface area contributed by atoms with Crippen LogP contribution in [0.4, 0.5) is 0 Å². The lowest BCUT2D eigenvalue weighted by Crippen LogP contribution is -2.26. The lowest BCUT2D eigenvalue weighted by molar-refractivity contribution is 0.0983. The molecule has 0 saturated carbocycles. The minimum Gasteiger partial charge on any atom is -0.374 e. The number of hydrogen-bond acceptors (Lipinski definition) is 3. The first-order valence-corrected chi connectivity index (χ1v) is 7.03. The van der Waals surface area contributed by atoms with Crippen LogP contribution in [-0.4, -0.2) is 29.0 Å². The highest BCUT2D eigenvalue weighted by atomic mass is 79.9. The van der Waals surface area contributed by atoms with Gasteiger partial charge in [-0.15, -0.1) is 0 Å². The van der Waals surface area contributed by atoms with Crippen LogP contribution >= 0.6 is 15.9 Å².